The molecule has 6 nitrogen and oxygen atoms in total. The second kappa shape index (κ2) is 6.53. The number of rotatable bonds is 1. The van der Waals surface area contributed by atoms with Crippen molar-refractivity contribution >= 4 is 5.78 Å². The largest absolute Gasteiger partial charge is 0.393 e. The first-order valence-corrected chi connectivity index (χ1v) is 12.4. The fourth-order valence-electron chi connectivity index (χ4n) is 9.15. The summed E-state index contributed by atoms with van der Waals surface area (Å²) in [5.74, 6) is 1.08. The Morgan fingerprint density at radius 1 is 1.00 bits per heavy atom. The molecular formula is C25H41NO5. The highest BCUT2D eigenvalue weighted by Crippen LogP contribution is 2.69. The summed E-state index contributed by atoms with van der Waals surface area (Å²) in [5.41, 5.74) is -2.72. The van der Waals surface area contributed by atoms with Gasteiger partial charge in [-0.25, -0.2) is 0 Å². The highest BCUT2D eigenvalue weighted by atomic mass is 16.6. The van der Waals surface area contributed by atoms with E-state index in [4.69, 9.17) is 4.74 Å². The van der Waals surface area contributed by atoms with Crippen LogP contribution in [0.1, 0.15) is 86.0 Å². The van der Waals surface area contributed by atoms with Crippen molar-refractivity contribution in [3.05, 3.63) is 0 Å². The predicted octanol–water partition coefficient (Wildman–Crippen LogP) is 3.52. The molecule has 0 bridgehead atoms. The van der Waals surface area contributed by atoms with E-state index < -0.39 is 23.0 Å². The van der Waals surface area contributed by atoms with Gasteiger partial charge in [0.2, 0.25) is 0 Å². The van der Waals surface area contributed by atoms with E-state index in [1.165, 1.54) is 12.0 Å². The summed E-state index contributed by atoms with van der Waals surface area (Å²) in [5, 5.41) is 35.1. The number of fused-ring (bicyclic) bond motifs is 5. The van der Waals surface area contributed by atoms with E-state index in [9.17, 15) is 20.2 Å². The highest BCUT2D eigenvalue weighted by Gasteiger charge is 2.69. The maximum Gasteiger partial charge on any atom is 0.161 e. The van der Waals surface area contributed by atoms with Crippen LogP contribution in [0.5, 0.6) is 0 Å². The number of ketones is 1. The molecule has 0 aromatic heterocycles. The smallest absolute Gasteiger partial charge is 0.161 e. The average molecular weight is 436 g/mol. The lowest BCUT2D eigenvalue weighted by molar-refractivity contribution is -0.292. The maximum atomic E-state index is 12.4. The van der Waals surface area contributed by atoms with Crippen LogP contribution in [0.15, 0.2) is 0 Å². The molecule has 176 valence electrons. The van der Waals surface area contributed by atoms with Crippen LogP contribution >= 0.6 is 0 Å². The first-order chi connectivity index (χ1) is 14.3. The summed E-state index contributed by atoms with van der Waals surface area (Å²) in [6.07, 6.45) is 5.91. The van der Waals surface area contributed by atoms with Crippen LogP contribution in [-0.4, -0.2) is 55.8 Å². The number of aliphatic hydroxyl groups excluding tert-OH is 1. The van der Waals surface area contributed by atoms with Gasteiger partial charge in [0, 0.05) is 5.41 Å². The van der Waals surface area contributed by atoms with Crippen molar-refractivity contribution in [1.29, 1.82) is 0 Å². The number of carbonyl (C=O) groups excluding carboxylic acids is 1. The third-order valence-corrected chi connectivity index (χ3v) is 11.1. The van der Waals surface area contributed by atoms with Crippen LogP contribution in [0.3, 0.4) is 0 Å². The van der Waals surface area contributed by atoms with Gasteiger partial charge < -0.3 is 20.2 Å². The summed E-state index contributed by atoms with van der Waals surface area (Å²) in [6.45, 7) is 10.5. The minimum atomic E-state index is -1.22. The number of carbonyl (C=O) groups is 1. The molecule has 6 heteroatoms. The van der Waals surface area contributed by atoms with E-state index in [1.807, 2.05) is 13.8 Å². The fourth-order valence-corrected chi connectivity index (χ4v) is 9.15. The van der Waals surface area contributed by atoms with E-state index in [-0.39, 0.29) is 28.4 Å². The van der Waals surface area contributed by atoms with Gasteiger partial charge in [0.15, 0.2) is 5.78 Å². The van der Waals surface area contributed by atoms with Gasteiger partial charge in [-0.05, 0) is 101 Å². The van der Waals surface area contributed by atoms with E-state index in [0.717, 1.165) is 38.5 Å². The number of Topliss-reactive ketones (excluding diaryl/α,β-unsaturated/α-hetero) is 1. The van der Waals surface area contributed by atoms with Crippen LogP contribution in [0.4, 0.5) is 0 Å². The molecule has 5 rings (SSSR count). The van der Waals surface area contributed by atoms with E-state index in [2.05, 4.69) is 13.8 Å². The van der Waals surface area contributed by atoms with Gasteiger partial charge in [0.05, 0.1) is 18.2 Å². The van der Waals surface area contributed by atoms with Crippen molar-refractivity contribution < 1.29 is 25.0 Å². The molecule has 4 saturated carbocycles. The van der Waals surface area contributed by atoms with Crippen LogP contribution in [0.25, 0.3) is 0 Å². The monoisotopic (exact) mass is 435 g/mol. The molecule has 0 aromatic carbocycles. The van der Waals surface area contributed by atoms with Gasteiger partial charge in [-0.1, -0.05) is 13.8 Å². The molecule has 1 heterocycles. The van der Waals surface area contributed by atoms with Crippen molar-refractivity contribution in [3.8, 4) is 0 Å². The number of hydroxylamine groups is 2. The minimum absolute atomic E-state index is 0.0111. The molecule has 5 aliphatic rings. The highest BCUT2D eigenvalue weighted by molar-refractivity contribution is 5.86. The molecule has 9 atom stereocenters. The van der Waals surface area contributed by atoms with E-state index in [0.29, 0.717) is 31.3 Å². The Balaban J connectivity index is 1.44. The fraction of sp³-hybridized carbons (Fsp3) is 0.960. The number of aliphatic hydroxyl groups is 2. The molecule has 1 saturated heterocycles. The molecular weight excluding hydrogens is 394 g/mol. The molecule has 4 aliphatic carbocycles. The zero-order valence-corrected chi connectivity index (χ0v) is 19.9. The van der Waals surface area contributed by atoms with Crippen molar-refractivity contribution in [3.63, 3.8) is 0 Å². The summed E-state index contributed by atoms with van der Waals surface area (Å²) in [7, 11) is 0. The molecule has 3 N–H and O–H groups in total. The third kappa shape index (κ3) is 2.66. The maximum absolute atomic E-state index is 12.4. The lowest BCUT2D eigenvalue weighted by Crippen LogP contribution is -2.64. The Morgan fingerprint density at radius 3 is 2.29 bits per heavy atom. The SMILES string of the molecule is CC(=O)[C@@]1(O)CCC2C3C[C@H](O)C4CC5(CC[C@]4(C)C3CC[C@@]21C)OCC(C)(C)N5O. The second-order valence-corrected chi connectivity index (χ2v) is 12.8. The first kappa shape index (κ1) is 22.3. The molecule has 31 heavy (non-hydrogen) atoms. The number of ether oxygens (including phenoxy) is 1. The Morgan fingerprint density at radius 2 is 1.68 bits per heavy atom. The zero-order valence-electron chi connectivity index (χ0n) is 19.9. The van der Waals surface area contributed by atoms with Crippen LogP contribution in [-0.2, 0) is 9.53 Å². The van der Waals surface area contributed by atoms with Crippen LogP contribution < -0.4 is 0 Å². The first-order valence-electron chi connectivity index (χ1n) is 12.4. The molecule has 1 spiro atoms. The van der Waals surface area contributed by atoms with Crippen LogP contribution in [0.2, 0.25) is 0 Å². The minimum Gasteiger partial charge on any atom is -0.393 e. The topological polar surface area (TPSA) is 90.2 Å². The van der Waals surface area contributed by atoms with E-state index in [1.54, 1.807) is 0 Å². The van der Waals surface area contributed by atoms with E-state index >= 15 is 0 Å². The Bertz CT molecular complexity index is 786. The summed E-state index contributed by atoms with van der Waals surface area (Å²) in [6, 6.07) is 0. The number of hydrogen-bond acceptors (Lipinski definition) is 6. The molecule has 5 fully saturated rings. The summed E-state index contributed by atoms with van der Waals surface area (Å²) < 4.78 is 6.22. The predicted molar refractivity (Wildman–Crippen MR) is 115 cm³/mol. The lowest BCUT2D eigenvalue weighted by atomic mass is 9.43. The molecule has 0 radical (unpaired) electrons. The third-order valence-electron chi connectivity index (χ3n) is 11.1. The Kier molecular flexibility index (Phi) is 4.69. The van der Waals surface area contributed by atoms with Gasteiger partial charge in [-0.15, -0.1) is 0 Å². The molecule has 0 amide bonds. The zero-order chi connectivity index (χ0) is 22.6. The van der Waals surface area contributed by atoms with Crippen LogP contribution in [0, 0.1) is 34.5 Å². The summed E-state index contributed by atoms with van der Waals surface area (Å²) in [4.78, 5) is 12.4. The van der Waals surface area contributed by atoms with Gasteiger partial charge in [-0.2, -0.15) is 5.06 Å². The quantitative estimate of drug-likeness (QED) is 0.584. The van der Waals surface area contributed by atoms with Gasteiger partial charge in [-0.3, -0.25) is 4.79 Å². The molecule has 5 unspecified atom stereocenters. The van der Waals surface area contributed by atoms with Crippen molar-refractivity contribution in [2.75, 3.05) is 6.61 Å². The lowest BCUT2D eigenvalue weighted by Gasteiger charge is -2.64. The summed E-state index contributed by atoms with van der Waals surface area (Å²) >= 11 is 0. The molecule has 1 aliphatic heterocycles. The van der Waals surface area contributed by atoms with Crippen molar-refractivity contribution in [1.82, 2.24) is 5.06 Å². The van der Waals surface area contributed by atoms with Gasteiger partial charge >= 0.3 is 0 Å². The normalized spacial score (nSPS) is 56.2. The second-order valence-electron chi connectivity index (χ2n) is 12.8. The Labute approximate surface area is 186 Å². The number of nitrogens with zero attached hydrogens (tertiary/aromatic N) is 1. The van der Waals surface area contributed by atoms with Crippen molar-refractivity contribution in [2.24, 2.45) is 34.5 Å². The standard InChI is InChI=1S/C25H41NO5/c1-15(27)25(29)9-7-18-16-12-20(28)19-13-24(26(30)21(2,3)14-31-24)11-10-22(19,4)17(16)6-8-23(18,25)5/h16-20,28-30H,6-14H2,1-5H3/t16?,17?,18?,19?,20-,22+,23-,24?,25-/m0/s1. The average Bonchev–Trinajstić information content (AvgIpc) is 3.10. The molecule has 0 aromatic rings. The van der Waals surface area contributed by atoms with Gasteiger partial charge in [0.25, 0.3) is 0 Å². The van der Waals surface area contributed by atoms with Crippen molar-refractivity contribution in [2.45, 2.75) is 109 Å². The number of hydrogen-bond donors (Lipinski definition) is 3. The Hall–Kier alpha value is -0.530. The van der Waals surface area contributed by atoms with Gasteiger partial charge in [0.1, 0.15) is 11.3 Å².